The van der Waals surface area contributed by atoms with Gasteiger partial charge in [-0.3, -0.25) is 0 Å². The summed E-state index contributed by atoms with van der Waals surface area (Å²) in [6, 6.07) is 9.35. The highest BCUT2D eigenvalue weighted by Crippen LogP contribution is 2.30. The van der Waals surface area contributed by atoms with Gasteiger partial charge in [0.15, 0.2) is 0 Å². The topological polar surface area (TPSA) is 29.9 Å². The van der Waals surface area contributed by atoms with Crippen molar-refractivity contribution in [1.29, 1.82) is 0 Å². The zero-order valence-corrected chi connectivity index (χ0v) is 10.5. The van der Waals surface area contributed by atoms with E-state index in [-0.39, 0.29) is 0 Å². The normalized spacial score (nSPS) is 17.9. The van der Waals surface area contributed by atoms with Gasteiger partial charge in [-0.2, -0.15) is 0 Å². The molecule has 1 heterocycles. The lowest BCUT2D eigenvalue weighted by atomic mass is 10.1. The standard InChI is InChI=1S/C15H19N3/c1-2-5-14-13(4-1)6-7-15(14)17-8-3-10-18-11-9-16-12-18/h1-2,4-5,9,11-12,15,17H,3,6-8,10H2. The van der Waals surface area contributed by atoms with E-state index < -0.39 is 0 Å². The minimum atomic E-state index is 0.559. The van der Waals surface area contributed by atoms with Crippen LogP contribution < -0.4 is 5.32 Å². The molecule has 0 bridgehead atoms. The second-order valence-electron chi connectivity index (χ2n) is 4.90. The van der Waals surface area contributed by atoms with Crippen molar-refractivity contribution in [3.63, 3.8) is 0 Å². The number of nitrogens with one attached hydrogen (secondary N) is 1. The molecule has 1 N–H and O–H groups in total. The summed E-state index contributed by atoms with van der Waals surface area (Å²) in [6.45, 7) is 2.11. The van der Waals surface area contributed by atoms with Crippen LogP contribution in [0.3, 0.4) is 0 Å². The fourth-order valence-corrected chi connectivity index (χ4v) is 2.73. The van der Waals surface area contributed by atoms with Crippen LogP contribution in [-0.2, 0) is 13.0 Å². The number of benzene rings is 1. The van der Waals surface area contributed by atoms with E-state index in [1.165, 1.54) is 24.0 Å². The summed E-state index contributed by atoms with van der Waals surface area (Å²) in [5.41, 5.74) is 3.02. The Hall–Kier alpha value is -1.61. The van der Waals surface area contributed by atoms with E-state index >= 15 is 0 Å². The Morgan fingerprint density at radius 2 is 2.28 bits per heavy atom. The van der Waals surface area contributed by atoms with Crippen LogP contribution in [0.15, 0.2) is 43.0 Å². The molecule has 0 saturated carbocycles. The van der Waals surface area contributed by atoms with E-state index in [9.17, 15) is 0 Å². The van der Waals surface area contributed by atoms with Gasteiger partial charge in [0.25, 0.3) is 0 Å². The van der Waals surface area contributed by atoms with Gasteiger partial charge in [-0.05, 0) is 36.9 Å². The summed E-state index contributed by atoms with van der Waals surface area (Å²) in [4.78, 5) is 4.05. The van der Waals surface area contributed by atoms with Crippen molar-refractivity contribution in [2.24, 2.45) is 0 Å². The molecule has 0 amide bonds. The highest BCUT2D eigenvalue weighted by Gasteiger charge is 2.20. The Bertz CT molecular complexity index is 490. The van der Waals surface area contributed by atoms with E-state index in [0.29, 0.717) is 6.04 Å². The molecule has 0 saturated heterocycles. The van der Waals surface area contributed by atoms with Crippen molar-refractivity contribution < 1.29 is 0 Å². The average Bonchev–Trinajstić information content (AvgIpc) is 3.04. The molecule has 1 aromatic heterocycles. The second kappa shape index (κ2) is 5.36. The number of hydrogen-bond donors (Lipinski definition) is 1. The Morgan fingerprint density at radius 3 is 3.17 bits per heavy atom. The lowest BCUT2D eigenvalue weighted by Gasteiger charge is -2.14. The first-order valence-electron chi connectivity index (χ1n) is 6.70. The predicted octanol–water partition coefficient (Wildman–Crippen LogP) is 2.55. The maximum absolute atomic E-state index is 4.05. The number of aryl methyl sites for hydroxylation is 2. The molecule has 3 rings (SSSR count). The van der Waals surface area contributed by atoms with Gasteiger partial charge in [0.05, 0.1) is 6.33 Å². The summed E-state index contributed by atoms with van der Waals surface area (Å²) in [6.07, 6.45) is 9.34. The second-order valence-corrected chi connectivity index (χ2v) is 4.90. The third-order valence-corrected chi connectivity index (χ3v) is 3.68. The highest BCUT2D eigenvalue weighted by atomic mass is 15.0. The minimum absolute atomic E-state index is 0.559. The van der Waals surface area contributed by atoms with Crippen LogP contribution in [0, 0.1) is 0 Å². The molecule has 0 spiro atoms. The van der Waals surface area contributed by atoms with Crippen molar-refractivity contribution in [3.05, 3.63) is 54.1 Å². The minimum Gasteiger partial charge on any atom is -0.337 e. The van der Waals surface area contributed by atoms with Crippen LogP contribution in [0.2, 0.25) is 0 Å². The van der Waals surface area contributed by atoms with Gasteiger partial charge in [0.2, 0.25) is 0 Å². The van der Waals surface area contributed by atoms with Crippen LogP contribution in [0.1, 0.15) is 30.0 Å². The zero-order chi connectivity index (χ0) is 12.2. The SMILES string of the molecule is c1ccc2c(c1)CCC2NCCCn1ccnc1. The summed E-state index contributed by atoms with van der Waals surface area (Å²) in [7, 11) is 0. The van der Waals surface area contributed by atoms with Crippen LogP contribution >= 0.6 is 0 Å². The highest BCUT2D eigenvalue weighted by molar-refractivity contribution is 5.34. The monoisotopic (exact) mass is 241 g/mol. The fraction of sp³-hybridized carbons (Fsp3) is 0.400. The van der Waals surface area contributed by atoms with E-state index in [4.69, 9.17) is 0 Å². The Kier molecular flexibility index (Phi) is 3.42. The third-order valence-electron chi connectivity index (χ3n) is 3.68. The van der Waals surface area contributed by atoms with Gasteiger partial charge in [0, 0.05) is 25.0 Å². The molecule has 3 nitrogen and oxygen atoms in total. The first kappa shape index (κ1) is 11.5. The quantitative estimate of drug-likeness (QED) is 0.815. The molecule has 18 heavy (non-hydrogen) atoms. The first-order valence-corrected chi connectivity index (χ1v) is 6.70. The smallest absolute Gasteiger partial charge is 0.0945 e. The number of fused-ring (bicyclic) bond motifs is 1. The molecule has 3 heteroatoms. The Balaban J connectivity index is 1.47. The first-order chi connectivity index (χ1) is 8.93. The van der Waals surface area contributed by atoms with Crippen molar-refractivity contribution in [1.82, 2.24) is 14.9 Å². The van der Waals surface area contributed by atoms with Crippen molar-refractivity contribution in [2.45, 2.75) is 31.8 Å². The molecule has 94 valence electrons. The lowest BCUT2D eigenvalue weighted by Crippen LogP contribution is -2.21. The summed E-state index contributed by atoms with van der Waals surface area (Å²) in [5.74, 6) is 0. The van der Waals surface area contributed by atoms with Gasteiger partial charge in [0.1, 0.15) is 0 Å². The number of rotatable bonds is 5. The molecular weight excluding hydrogens is 222 g/mol. The Labute approximate surface area is 108 Å². The van der Waals surface area contributed by atoms with E-state index in [2.05, 4.69) is 39.1 Å². The van der Waals surface area contributed by atoms with Crippen LogP contribution in [0.5, 0.6) is 0 Å². The zero-order valence-electron chi connectivity index (χ0n) is 10.5. The third kappa shape index (κ3) is 2.46. The van der Waals surface area contributed by atoms with Crippen molar-refractivity contribution in [2.75, 3.05) is 6.54 Å². The molecule has 1 aromatic carbocycles. The summed E-state index contributed by atoms with van der Waals surface area (Å²) >= 11 is 0. The summed E-state index contributed by atoms with van der Waals surface area (Å²) < 4.78 is 2.13. The molecule has 1 aliphatic rings. The maximum Gasteiger partial charge on any atom is 0.0945 e. The van der Waals surface area contributed by atoms with Crippen LogP contribution in [0.4, 0.5) is 0 Å². The predicted molar refractivity (Wildman–Crippen MR) is 72.4 cm³/mol. The lowest BCUT2D eigenvalue weighted by molar-refractivity contribution is 0.499. The van der Waals surface area contributed by atoms with E-state index in [1.807, 2.05) is 18.7 Å². The molecule has 2 aromatic rings. The molecule has 0 aliphatic heterocycles. The molecule has 0 radical (unpaired) electrons. The fourth-order valence-electron chi connectivity index (χ4n) is 2.73. The molecule has 1 atom stereocenters. The largest absolute Gasteiger partial charge is 0.337 e. The summed E-state index contributed by atoms with van der Waals surface area (Å²) in [5, 5.41) is 3.67. The van der Waals surface area contributed by atoms with Crippen LogP contribution in [-0.4, -0.2) is 16.1 Å². The number of imidazole rings is 1. The molecule has 1 aliphatic carbocycles. The number of hydrogen-bond acceptors (Lipinski definition) is 2. The molecule has 1 unspecified atom stereocenters. The van der Waals surface area contributed by atoms with Gasteiger partial charge in [-0.25, -0.2) is 4.98 Å². The molecular formula is C15H19N3. The van der Waals surface area contributed by atoms with Gasteiger partial charge in [-0.1, -0.05) is 24.3 Å². The van der Waals surface area contributed by atoms with Gasteiger partial charge < -0.3 is 9.88 Å². The Morgan fingerprint density at radius 1 is 1.33 bits per heavy atom. The maximum atomic E-state index is 4.05. The average molecular weight is 241 g/mol. The van der Waals surface area contributed by atoms with Crippen molar-refractivity contribution in [3.8, 4) is 0 Å². The van der Waals surface area contributed by atoms with Crippen LogP contribution in [0.25, 0.3) is 0 Å². The van der Waals surface area contributed by atoms with Crippen molar-refractivity contribution >= 4 is 0 Å². The molecule has 0 fully saturated rings. The number of aromatic nitrogens is 2. The number of nitrogens with zero attached hydrogens (tertiary/aromatic N) is 2. The van der Waals surface area contributed by atoms with Gasteiger partial charge in [-0.15, -0.1) is 0 Å². The van der Waals surface area contributed by atoms with Gasteiger partial charge >= 0.3 is 0 Å². The van der Waals surface area contributed by atoms with E-state index in [1.54, 1.807) is 0 Å². The van der Waals surface area contributed by atoms with E-state index in [0.717, 1.165) is 19.5 Å².